The van der Waals surface area contributed by atoms with Crippen molar-refractivity contribution in [3.63, 3.8) is 0 Å². The van der Waals surface area contributed by atoms with Gasteiger partial charge in [-0.15, -0.1) is 0 Å². The number of carbonyl (C=O) groups is 1. The van der Waals surface area contributed by atoms with Crippen LogP contribution >= 0.6 is 0 Å². The van der Waals surface area contributed by atoms with Crippen molar-refractivity contribution in [1.82, 2.24) is 0 Å². The van der Waals surface area contributed by atoms with E-state index in [9.17, 15) is 9.90 Å². The number of carbonyl (C=O) groups excluding carboxylic acids is 1. The van der Waals surface area contributed by atoms with Gasteiger partial charge < -0.3 is 25.2 Å². The topological polar surface area (TPSA) is 109 Å². The van der Waals surface area contributed by atoms with Crippen LogP contribution in [0.4, 0.5) is 5.69 Å². The maximum absolute atomic E-state index is 12.7. The van der Waals surface area contributed by atoms with E-state index in [0.717, 1.165) is 28.0 Å². The van der Waals surface area contributed by atoms with Gasteiger partial charge in [-0.2, -0.15) is 0 Å². The van der Waals surface area contributed by atoms with Crippen molar-refractivity contribution in [2.45, 2.75) is 53.1 Å². The number of nitrogens with two attached hydrogens (primary N) is 1. The fraction of sp³-hybridized carbons (Fsp3) is 0.417. The lowest BCUT2D eigenvalue weighted by molar-refractivity contribution is 0.0460. The van der Waals surface area contributed by atoms with Crippen LogP contribution in [0.15, 0.2) is 18.2 Å². The molecular formula is C24H31N3O4. The predicted octanol–water partition coefficient (Wildman–Crippen LogP) is 4.06. The number of anilines is 1. The number of benzene rings is 2. The van der Waals surface area contributed by atoms with Crippen LogP contribution in [0.2, 0.25) is 0 Å². The number of hydrogen-bond acceptors (Lipinski definition) is 5. The molecule has 4 N–H and O–H groups in total. The Balaban J connectivity index is 2.18. The van der Waals surface area contributed by atoms with E-state index in [-0.39, 0.29) is 12.6 Å². The SMILES string of the molecule is CCOC(=O)c1ccc(N(C)C(=N)N)cc1C1(C)CCc2c(C)c(O)c(C)c(C)c2O1. The molecule has 0 saturated carbocycles. The van der Waals surface area contributed by atoms with Gasteiger partial charge in [0.05, 0.1) is 12.2 Å². The van der Waals surface area contributed by atoms with Crippen LogP contribution in [0.5, 0.6) is 11.5 Å². The van der Waals surface area contributed by atoms with Gasteiger partial charge in [0.1, 0.15) is 17.1 Å². The monoisotopic (exact) mass is 425 g/mol. The van der Waals surface area contributed by atoms with Crippen molar-refractivity contribution in [3.8, 4) is 11.5 Å². The highest BCUT2D eigenvalue weighted by Gasteiger charge is 2.39. The van der Waals surface area contributed by atoms with Gasteiger partial charge in [-0.1, -0.05) is 0 Å². The minimum atomic E-state index is -0.802. The summed E-state index contributed by atoms with van der Waals surface area (Å²) in [4.78, 5) is 14.3. The molecule has 0 saturated heterocycles. The van der Waals surface area contributed by atoms with Gasteiger partial charge in [0.15, 0.2) is 5.96 Å². The Morgan fingerprint density at radius 2 is 1.97 bits per heavy atom. The van der Waals surface area contributed by atoms with Gasteiger partial charge in [0.25, 0.3) is 0 Å². The summed E-state index contributed by atoms with van der Waals surface area (Å²) in [6, 6.07) is 5.29. The molecule has 1 heterocycles. The number of nitrogens with zero attached hydrogens (tertiary/aromatic N) is 1. The van der Waals surface area contributed by atoms with E-state index in [2.05, 4.69) is 0 Å². The number of hydrogen-bond donors (Lipinski definition) is 3. The van der Waals surface area contributed by atoms with Gasteiger partial charge >= 0.3 is 5.97 Å². The molecule has 7 heteroatoms. The smallest absolute Gasteiger partial charge is 0.338 e. The van der Waals surface area contributed by atoms with Crippen molar-refractivity contribution in [2.24, 2.45) is 5.73 Å². The number of ether oxygens (including phenoxy) is 2. The summed E-state index contributed by atoms with van der Waals surface area (Å²) in [6.45, 7) is 9.71. The first-order chi connectivity index (χ1) is 14.5. The lowest BCUT2D eigenvalue weighted by atomic mass is 9.81. The summed E-state index contributed by atoms with van der Waals surface area (Å²) in [6.07, 6.45) is 1.31. The maximum atomic E-state index is 12.7. The Labute approximate surface area is 183 Å². The van der Waals surface area contributed by atoms with Gasteiger partial charge in [-0.3, -0.25) is 5.41 Å². The first kappa shape index (κ1) is 22.5. The molecule has 1 unspecified atom stereocenters. The largest absolute Gasteiger partial charge is 0.507 e. The third kappa shape index (κ3) is 3.80. The predicted molar refractivity (Wildman–Crippen MR) is 121 cm³/mol. The number of guanidine groups is 1. The zero-order valence-corrected chi connectivity index (χ0v) is 19.0. The second-order valence-corrected chi connectivity index (χ2v) is 8.26. The average molecular weight is 426 g/mol. The number of fused-ring (bicyclic) bond motifs is 1. The molecule has 0 spiro atoms. The molecule has 0 bridgehead atoms. The van der Waals surface area contributed by atoms with Crippen LogP contribution in [-0.2, 0) is 16.8 Å². The van der Waals surface area contributed by atoms with Crippen molar-refractivity contribution in [3.05, 3.63) is 51.6 Å². The minimum absolute atomic E-state index is 0.104. The summed E-state index contributed by atoms with van der Waals surface area (Å²) < 4.78 is 11.9. The van der Waals surface area contributed by atoms with Crippen molar-refractivity contribution >= 4 is 17.6 Å². The van der Waals surface area contributed by atoms with Crippen LogP contribution in [0, 0.1) is 26.2 Å². The molecule has 166 valence electrons. The molecule has 31 heavy (non-hydrogen) atoms. The second kappa shape index (κ2) is 8.13. The number of rotatable bonds is 4. The summed E-state index contributed by atoms with van der Waals surface area (Å²) in [5, 5.41) is 18.2. The molecular weight excluding hydrogens is 394 g/mol. The Hall–Kier alpha value is -3.22. The number of phenolic OH excluding ortho intramolecular Hbond substituents is 1. The standard InChI is InChI=1S/C24H31N3O4/c1-7-30-22(29)18-9-8-16(27(6)23(25)26)12-19(18)24(5)11-10-17-15(4)20(28)13(2)14(3)21(17)31-24/h8-9,12,28H,7,10-11H2,1-6H3,(H3,25,26). The summed E-state index contributed by atoms with van der Waals surface area (Å²) in [5.74, 6) is 0.537. The number of nitrogens with one attached hydrogen (secondary N) is 1. The maximum Gasteiger partial charge on any atom is 0.338 e. The van der Waals surface area contributed by atoms with Crippen molar-refractivity contribution < 1.29 is 19.4 Å². The van der Waals surface area contributed by atoms with E-state index in [1.807, 2.05) is 33.8 Å². The van der Waals surface area contributed by atoms with E-state index in [4.69, 9.17) is 20.6 Å². The Morgan fingerprint density at radius 1 is 1.29 bits per heavy atom. The lowest BCUT2D eigenvalue weighted by Crippen LogP contribution is -2.37. The Kier molecular flexibility index (Phi) is 5.89. The van der Waals surface area contributed by atoms with Crippen LogP contribution in [-0.4, -0.2) is 30.7 Å². The van der Waals surface area contributed by atoms with Crippen LogP contribution in [0.25, 0.3) is 0 Å². The zero-order valence-electron chi connectivity index (χ0n) is 19.0. The molecule has 7 nitrogen and oxygen atoms in total. The minimum Gasteiger partial charge on any atom is -0.507 e. The van der Waals surface area contributed by atoms with Crippen LogP contribution in [0.1, 0.15) is 58.4 Å². The molecule has 0 aliphatic carbocycles. The van der Waals surface area contributed by atoms with Gasteiger partial charge in [-0.25, -0.2) is 4.79 Å². The second-order valence-electron chi connectivity index (χ2n) is 8.26. The van der Waals surface area contributed by atoms with Crippen LogP contribution < -0.4 is 15.4 Å². The van der Waals surface area contributed by atoms with E-state index in [1.54, 1.807) is 26.1 Å². The normalized spacial score (nSPS) is 17.5. The highest BCUT2D eigenvalue weighted by atomic mass is 16.5. The molecule has 1 atom stereocenters. The van der Waals surface area contributed by atoms with Gasteiger partial charge in [0.2, 0.25) is 0 Å². The van der Waals surface area contributed by atoms with E-state index in [0.29, 0.717) is 35.4 Å². The van der Waals surface area contributed by atoms with Gasteiger partial charge in [-0.05, 0) is 82.3 Å². The molecule has 3 rings (SSSR count). The molecule has 1 aliphatic heterocycles. The average Bonchev–Trinajstić information content (AvgIpc) is 2.75. The molecule has 0 radical (unpaired) electrons. The highest BCUT2D eigenvalue weighted by molar-refractivity contribution is 5.95. The lowest BCUT2D eigenvalue weighted by Gasteiger charge is -2.39. The molecule has 1 aliphatic rings. The van der Waals surface area contributed by atoms with E-state index < -0.39 is 11.6 Å². The third-order valence-electron chi connectivity index (χ3n) is 6.34. The number of esters is 1. The fourth-order valence-electron chi connectivity index (χ4n) is 4.14. The molecule has 0 fully saturated rings. The third-order valence-corrected chi connectivity index (χ3v) is 6.34. The highest BCUT2D eigenvalue weighted by Crippen LogP contribution is 2.47. The number of phenols is 1. The summed E-state index contributed by atoms with van der Waals surface area (Å²) in [7, 11) is 1.70. The fourth-order valence-corrected chi connectivity index (χ4v) is 4.14. The number of aromatic hydroxyl groups is 1. The zero-order chi connectivity index (χ0) is 23.1. The van der Waals surface area contributed by atoms with Gasteiger partial charge in [0, 0.05) is 23.9 Å². The summed E-state index contributed by atoms with van der Waals surface area (Å²) in [5.41, 5.74) is 10.2. The van der Waals surface area contributed by atoms with Crippen molar-refractivity contribution in [2.75, 3.05) is 18.6 Å². The molecule has 2 aromatic rings. The van der Waals surface area contributed by atoms with E-state index in [1.165, 1.54) is 4.90 Å². The summed E-state index contributed by atoms with van der Waals surface area (Å²) >= 11 is 0. The molecule has 0 aromatic heterocycles. The van der Waals surface area contributed by atoms with Crippen molar-refractivity contribution in [1.29, 1.82) is 5.41 Å². The molecule has 0 amide bonds. The quantitative estimate of drug-likeness (QED) is 0.387. The molecule has 2 aromatic carbocycles. The first-order valence-corrected chi connectivity index (χ1v) is 10.4. The Bertz CT molecular complexity index is 1060. The van der Waals surface area contributed by atoms with Crippen LogP contribution in [0.3, 0.4) is 0 Å². The first-order valence-electron chi connectivity index (χ1n) is 10.4. The Morgan fingerprint density at radius 3 is 2.58 bits per heavy atom. The van der Waals surface area contributed by atoms with E-state index >= 15 is 0 Å².